The predicted molar refractivity (Wildman–Crippen MR) is 123 cm³/mol. The van der Waals surface area contributed by atoms with Gasteiger partial charge in [0.15, 0.2) is 0 Å². The van der Waals surface area contributed by atoms with Crippen molar-refractivity contribution in [2.45, 2.75) is 25.9 Å². The van der Waals surface area contributed by atoms with Crippen LogP contribution in [0.2, 0.25) is 0 Å². The van der Waals surface area contributed by atoms with Crippen LogP contribution in [0.4, 0.5) is 0 Å². The largest absolute Gasteiger partial charge is 0.467 e. The zero-order valence-electron chi connectivity index (χ0n) is 17.6. The van der Waals surface area contributed by atoms with E-state index in [9.17, 15) is 4.79 Å². The molecule has 0 atom stereocenters. The summed E-state index contributed by atoms with van der Waals surface area (Å²) in [5.74, 6) is 0.0197. The second-order valence-corrected chi connectivity index (χ2v) is 8.91. The number of rotatable bonds is 4. The number of ether oxygens (including phenoxy) is 1. The smallest absolute Gasteiger partial charge is 0.274 e. The highest BCUT2D eigenvalue weighted by Crippen LogP contribution is 2.31. The van der Waals surface area contributed by atoms with Crippen LogP contribution in [-0.2, 0) is 7.05 Å². The summed E-state index contributed by atoms with van der Waals surface area (Å²) < 4.78 is 8.99. The molecular formula is C24H24N4O2S. The Balaban J connectivity index is 1.23. The van der Waals surface area contributed by atoms with Crippen LogP contribution in [0.3, 0.4) is 0 Å². The quantitative estimate of drug-likeness (QED) is 0.469. The first kappa shape index (κ1) is 19.8. The summed E-state index contributed by atoms with van der Waals surface area (Å²) in [6, 6.07) is 18.0. The molecule has 1 aliphatic rings. The second kappa shape index (κ2) is 8.15. The van der Waals surface area contributed by atoms with E-state index in [4.69, 9.17) is 4.74 Å². The molecular weight excluding hydrogens is 408 g/mol. The van der Waals surface area contributed by atoms with Crippen LogP contribution in [0.1, 0.15) is 28.9 Å². The Kier molecular flexibility index (Phi) is 5.19. The molecule has 2 aromatic carbocycles. The zero-order chi connectivity index (χ0) is 21.4. The standard InChI is InChI=1S/C24H24N4O2S/c1-16-7-6-10-21-22(16)25-24(31-21)30-18-11-13-28(14-12-18)23(29)20-15-19(26-27(20)2)17-8-4-3-5-9-17/h3-10,15,18H,11-14H2,1-2H3. The maximum absolute atomic E-state index is 13.1. The lowest BCUT2D eigenvalue weighted by atomic mass is 10.1. The fourth-order valence-corrected chi connectivity index (χ4v) is 4.97. The molecule has 4 aromatic rings. The van der Waals surface area contributed by atoms with Gasteiger partial charge in [0.1, 0.15) is 11.8 Å². The van der Waals surface area contributed by atoms with Crippen molar-refractivity contribution < 1.29 is 9.53 Å². The molecule has 1 saturated heterocycles. The second-order valence-electron chi connectivity index (χ2n) is 7.92. The molecule has 31 heavy (non-hydrogen) atoms. The molecule has 1 aliphatic heterocycles. The van der Waals surface area contributed by atoms with Crippen LogP contribution in [0.5, 0.6) is 5.19 Å². The van der Waals surface area contributed by atoms with Gasteiger partial charge in [0, 0.05) is 38.5 Å². The molecule has 0 spiro atoms. The van der Waals surface area contributed by atoms with E-state index in [2.05, 4.69) is 29.1 Å². The van der Waals surface area contributed by atoms with Crippen molar-refractivity contribution in [2.24, 2.45) is 7.05 Å². The van der Waals surface area contributed by atoms with Gasteiger partial charge in [-0.2, -0.15) is 5.10 Å². The number of carbonyl (C=O) groups is 1. The van der Waals surface area contributed by atoms with Crippen LogP contribution in [-0.4, -0.2) is 44.8 Å². The van der Waals surface area contributed by atoms with Crippen LogP contribution in [0, 0.1) is 6.92 Å². The molecule has 0 aliphatic carbocycles. The molecule has 5 rings (SSSR count). The lowest BCUT2D eigenvalue weighted by molar-refractivity contribution is 0.0585. The first-order valence-electron chi connectivity index (χ1n) is 10.5. The Morgan fingerprint density at radius 2 is 1.87 bits per heavy atom. The number of para-hydroxylation sites is 1. The number of nitrogens with zero attached hydrogens (tertiary/aromatic N) is 4. The van der Waals surface area contributed by atoms with Gasteiger partial charge in [-0.25, -0.2) is 4.98 Å². The normalized spacial score (nSPS) is 14.8. The lowest BCUT2D eigenvalue weighted by Crippen LogP contribution is -2.42. The number of hydrogen-bond acceptors (Lipinski definition) is 5. The Morgan fingerprint density at radius 3 is 2.61 bits per heavy atom. The molecule has 158 valence electrons. The third kappa shape index (κ3) is 3.93. The van der Waals surface area contributed by atoms with E-state index in [1.165, 1.54) is 0 Å². The van der Waals surface area contributed by atoms with Crippen molar-refractivity contribution in [2.75, 3.05) is 13.1 Å². The molecule has 0 unspecified atom stereocenters. The number of aromatic nitrogens is 3. The molecule has 0 saturated carbocycles. The zero-order valence-corrected chi connectivity index (χ0v) is 18.4. The van der Waals surface area contributed by atoms with E-state index >= 15 is 0 Å². The molecule has 2 aromatic heterocycles. The number of likely N-dealkylation sites (tertiary alicyclic amines) is 1. The third-order valence-electron chi connectivity index (χ3n) is 5.77. The number of benzene rings is 2. The highest BCUT2D eigenvalue weighted by molar-refractivity contribution is 7.20. The summed E-state index contributed by atoms with van der Waals surface area (Å²) in [4.78, 5) is 19.7. The first-order chi connectivity index (χ1) is 15.1. The summed E-state index contributed by atoms with van der Waals surface area (Å²) in [6.07, 6.45) is 1.67. The van der Waals surface area contributed by atoms with Gasteiger partial charge in [-0.3, -0.25) is 9.48 Å². The third-order valence-corrected chi connectivity index (χ3v) is 6.68. The SMILES string of the molecule is Cc1cccc2sc(OC3CCN(C(=O)c4cc(-c5ccccc5)nn4C)CC3)nc12. The van der Waals surface area contributed by atoms with Crippen molar-refractivity contribution in [3.8, 4) is 16.5 Å². The number of thiazole rings is 1. The maximum Gasteiger partial charge on any atom is 0.274 e. The van der Waals surface area contributed by atoms with Gasteiger partial charge >= 0.3 is 0 Å². The van der Waals surface area contributed by atoms with E-state index in [-0.39, 0.29) is 12.0 Å². The topological polar surface area (TPSA) is 60.2 Å². The molecule has 0 radical (unpaired) electrons. The Bertz CT molecular complexity index is 1220. The number of fused-ring (bicyclic) bond motifs is 1. The minimum Gasteiger partial charge on any atom is -0.467 e. The molecule has 1 amide bonds. The van der Waals surface area contributed by atoms with Crippen LogP contribution in [0.25, 0.3) is 21.5 Å². The van der Waals surface area contributed by atoms with E-state index < -0.39 is 0 Å². The van der Waals surface area contributed by atoms with Gasteiger partial charge in [0.2, 0.25) is 0 Å². The summed E-state index contributed by atoms with van der Waals surface area (Å²) in [5, 5.41) is 5.25. The highest BCUT2D eigenvalue weighted by atomic mass is 32.1. The molecule has 7 heteroatoms. The Hall–Kier alpha value is -3.19. The van der Waals surface area contributed by atoms with Gasteiger partial charge in [-0.05, 0) is 24.6 Å². The minimum atomic E-state index is 0.0197. The molecule has 3 heterocycles. The van der Waals surface area contributed by atoms with Crippen molar-refractivity contribution in [3.63, 3.8) is 0 Å². The van der Waals surface area contributed by atoms with E-state index in [1.54, 1.807) is 16.0 Å². The summed E-state index contributed by atoms with van der Waals surface area (Å²) in [7, 11) is 1.82. The van der Waals surface area contributed by atoms with Gasteiger partial charge in [0.05, 0.1) is 15.9 Å². The van der Waals surface area contributed by atoms with Crippen molar-refractivity contribution in [1.29, 1.82) is 0 Å². The van der Waals surface area contributed by atoms with Crippen molar-refractivity contribution >= 4 is 27.5 Å². The molecule has 6 nitrogen and oxygen atoms in total. The fourth-order valence-electron chi connectivity index (χ4n) is 4.01. The van der Waals surface area contributed by atoms with Crippen molar-refractivity contribution in [3.05, 3.63) is 65.9 Å². The molecule has 0 N–H and O–H groups in total. The maximum atomic E-state index is 13.1. The van der Waals surface area contributed by atoms with Gasteiger partial charge in [-0.1, -0.05) is 53.8 Å². The molecule has 1 fully saturated rings. The first-order valence-corrected chi connectivity index (χ1v) is 11.3. The summed E-state index contributed by atoms with van der Waals surface area (Å²) in [5.41, 5.74) is 4.61. The van der Waals surface area contributed by atoms with E-state index in [0.29, 0.717) is 24.0 Å². The lowest BCUT2D eigenvalue weighted by Gasteiger charge is -2.31. The average molecular weight is 433 g/mol. The minimum absolute atomic E-state index is 0.0197. The van der Waals surface area contributed by atoms with Gasteiger partial charge < -0.3 is 9.64 Å². The Morgan fingerprint density at radius 1 is 1.10 bits per heavy atom. The van der Waals surface area contributed by atoms with Crippen LogP contribution >= 0.6 is 11.3 Å². The number of amides is 1. The van der Waals surface area contributed by atoms with Crippen LogP contribution < -0.4 is 4.74 Å². The van der Waals surface area contributed by atoms with Crippen LogP contribution in [0.15, 0.2) is 54.6 Å². The van der Waals surface area contributed by atoms with Gasteiger partial charge in [0.25, 0.3) is 11.1 Å². The van der Waals surface area contributed by atoms with Crippen molar-refractivity contribution in [1.82, 2.24) is 19.7 Å². The van der Waals surface area contributed by atoms with Gasteiger partial charge in [-0.15, -0.1) is 0 Å². The fraction of sp³-hybridized carbons (Fsp3) is 0.292. The van der Waals surface area contributed by atoms with E-state index in [0.717, 1.165) is 39.9 Å². The Labute approximate surface area is 185 Å². The highest BCUT2D eigenvalue weighted by Gasteiger charge is 2.27. The summed E-state index contributed by atoms with van der Waals surface area (Å²) in [6.45, 7) is 3.40. The summed E-state index contributed by atoms with van der Waals surface area (Å²) >= 11 is 1.59. The number of piperidine rings is 1. The average Bonchev–Trinajstić information content (AvgIpc) is 3.38. The van der Waals surface area contributed by atoms with E-state index in [1.807, 2.05) is 54.4 Å². The number of aryl methyl sites for hydroxylation is 2. The molecule has 0 bridgehead atoms. The monoisotopic (exact) mass is 432 g/mol. The number of hydrogen-bond donors (Lipinski definition) is 0. The number of carbonyl (C=O) groups excluding carboxylic acids is 1. The predicted octanol–water partition coefficient (Wildman–Crippen LogP) is 4.69.